The molecule has 1 aromatic rings. The summed E-state index contributed by atoms with van der Waals surface area (Å²) in [4.78, 5) is 22.8. The molecule has 19 heavy (non-hydrogen) atoms. The average molecular weight is 262 g/mol. The number of nitrogens with zero attached hydrogens (tertiary/aromatic N) is 1. The molecule has 6 heteroatoms. The number of methoxy groups -OCH3 is 2. The molecule has 0 radical (unpaired) electrons. The van der Waals surface area contributed by atoms with Crippen molar-refractivity contribution >= 4 is 17.6 Å². The Balaban J connectivity index is 2.91. The van der Waals surface area contributed by atoms with Crippen LogP contribution < -0.4 is 5.32 Å². The van der Waals surface area contributed by atoms with E-state index in [1.165, 1.54) is 14.2 Å². The van der Waals surface area contributed by atoms with Gasteiger partial charge in [0.1, 0.15) is 12.1 Å². The van der Waals surface area contributed by atoms with Crippen molar-refractivity contribution in [1.82, 2.24) is 0 Å². The first-order valence-electron chi connectivity index (χ1n) is 5.52. The third-order valence-electron chi connectivity index (χ3n) is 2.46. The fourth-order valence-electron chi connectivity index (χ4n) is 1.48. The molecule has 6 nitrogen and oxygen atoms in total. The molecule has 100 valence electrons. The zero-order valence-electron chi connectivity index (χ0n) is 10.7. The van der Waals surface area contributed by atoms with Crippen LogP contribution >= 0.6 is 0 Å². The van der Waals surface area contributed by atoms with E-state index in [0.29, 0.717) is 11.3 Å². The lowest BCUT2D eigenvalue weighted by Gasteiger charge is -2.17. The number of benzene rings is 1. The Morgan fingerprint density at radius 3 is 2.58 bits per heavy atom. The maximum absolute atomic E-state index is 11.6. The summed E-state index contributed by atoms with van der Waals surface area (Å²) in [7, 11) is 2.46. The van der Waals surface area contributed by atoms with E-state index in [2.05, 4.69) is 14.8 Å². The van der Waals surface area contributed by atoms with Crippen molar-refractivity contribution in [2.24, 2.45) is 0 Å². The molecule has 0 spiro atoms. The molecule has 1 atom stereocenters. The van der Waals surface area contributed by atoms with Crippen LogP contribution in [0, 0.1) is 11.3 Å². The Hall–Kier alpha value is -2.55. The van der Waals surface area contributed by atoms with E-state index < -0.39 is 18.0 Å². The van der Waals surface area contributed by atoms with E-state index in [1.807, 2.05) is 6.07 Å². The first kappa shape index (κ1) is 14.5. The molecule has 0 amide bonds. The largest absolute Gasteiger partial charge is 0.469 e. The number of carbonyl (C=O) groups excluding carboxylic acids is 2. The van der Waals surface area contributed by atoms with Crippen LogP contribution in [0.15, 0.2) is 24.3 Å². The van der Waals surface area contributed by atoms with Gasteiger partial charge in [0.25, 0.3) is 0 Å². The number of rotatable bonds is 5. The van der Waals surface area contributed by atoms with Crippen molar-refractivity contribution in [2.45, 2.75) is 12.5 Å². The van der Waals surface area contributed by atoms with Crippen molar-refractivity contribution in [3.63, 3.8) is 0 Å². The minimum Gasteiger partial charge on any atom is -0.469 e. The van der Waals surface area contributed by atoms with Gasteiger partial charge in [-0.3, -0.25) is 4.79 Å². The third kappa shape index (κ3) is 4.00. The number of esters is 2. The minimum atomic E-state index is -0.896. The quantitative estimate of drug-likeness (QED) is 0.799. The first-order chi connectivity index (χ1) is 9.12. The molecule has 0 aromatic heterocycles. The van der Waals surface area contributed by atoms with Crippen LogP contribution in [-0.2, 0) is 19.1 Å². The van der Waals surface area contributed by atoms with Crippen LogP contribution in [-0.4, -0.2) is 32.2 Å². The highest BCUT2D eigenvalue weighted by Crippen LogP contribution is 2.16. The van der Waals surface area contributed by atoms with Gasteiger partial charge in [-0.25, -0.2) is 4.79 Å². The predicted octanol–water partition coefficient (Wildman–Crippen LogP) is 1.07. The Kier molecular flexibility index (Phi) is 5.35. The lowest BCUT2D eigenvalue weighted by molar-refractivity contribution is -0.148. The Morgan fingerprint density at radius 1 is 1.32 bits per heavy atom. The Labute approximate surface area is 110 Å². The van der Waals surface area contributed by atoms with Gasteiger partial charge >= 0.3 is 11.9 Å². The molecule has 1 aromatic carbocycles. The summed E-state index contributed by atoms with van der Waals surface area (Å²) in [6, 6.07) is 7.77. The number of anilines is 1. The molecule has 0 saturated heterocycles. The van der Waals surface area contributed by atoms with Crippen molar-refractivity contribution in [2.75, 3.05) is 19.5 Å². The summed E-state index contributed by atoms with van der Waals surface area (Å²) in [6.45, 7) is 0. The van der Waals surface area contributed by atoms with Crippen LogP contribution in [0.25, 0.3) is 0 Å². The van der Waals surface area contributed by atoms with E-state index in [0.717, 1.165) is 0 Å². The molecule has 0 aliphatic carbocycles. The van der Waals surface area contributed by atoms with Gasteiger partial charge in [0.15, 0.2) is 0 Å². The third-order valence-corrected chi connectivity index (χ3v) is 2.46. The van der Waals surface area contributed by atoms with Crippen LogP contribution in [0.3, 0.4) is 0 Å². The number of para-hydroxylation sites is 1. The molecule has 0 heterocycles. The minimum absolute atomic E-state index is 0.178. The predicted molar refractivity (Wildman–Crippen MR) is 67.2 cm³/mol. The molecule has 0 saturated carbocycles. The van der Waals surface area contributed by atoms with Gasteiger partial charge in [-0.1, -0.05) is 12.1 Å². The number of hydrogen-bond acceptors (Lipinski definition) is 6. The molecule has 0 bridgehead atoms. The standard InChI is InChI=1S/C13H14N2O4/c1-18-12(16)7-11(13(17)19-2)15-10-6-4-3-5-9(10)8-14/h3-6,11,15H,7H2,1-2H3/t11-/m0/s1. The fourth-order valence-corrected chi connectivity index (χ4v) is 1.48. The maximum atomic E-state index is 11.6. The second-order valence-electron chi connectivity index (χ2n) is 3.66. The summed E-state index contributed by atoms with van der Waals surface area (Å²) < 4.78 is 9.13. The summed E-state index contributed by atoms with van der Waals surface area (Å²) >= 11 is 0. The number of ether oxygens (including phenoxy) is 2. The van der Waals surface area contributed by atoms with Crippen LogP contribution in [0.4, 0.5) is 5.69 Å². The van der Waals surface area contributed by atoms with E-state index in [9.17, 15) is 9.59 Å². The monoisotopic (exact) mass is 262 g/mol. The number of nitrogens with one attached hydrogen (secondary N) is 1. The van der Waals surface area contributed by atoms with Crippen LogP contribution in [0.1, 0.15) is 12.0 Å². The molecular weight excluding hydrogens is 248 g/mol. The van der Waals surface area contributed by atoms with E-state index in [4.69, 9.17) is 5.26 Å². The van der Waals surface area contributed by atoms with Crippen molar-refractivity contribution in [3.8, 4) is 6.07 Å². The number of carbonyl (C=O) groups is 2. The topological polar surface area (TPSA) is 88.4 Å². The Bertz CT molecular complexity index is 508. The number of hydrogen-bond donors (Lipinski definition) is 1. The van der Waals surface area contributed by atoms with Crippen molar-refractivity contribution in [3.05, 3.63) is 29.8 Å². The smallest absolute Gasteiger partial charge is 0.328 e. The summed E-state index contributed by atoms with van der Waals surface area (Å²) in [5, 5.41) is 11.8. The van der Waals surface area contributed by atoms with Gasteiger partial charge in [-0.05, 0) is 12.1 Å². The van der Waals surface area contributed by atoms with Gasteiger partial charge < -0.3 is 14.8 Å². The highest BCUT2D eigenvalue weighted by atomic mass is 16.5. The molecule has 1 N–H and O–H groups in total. The SMILES string of the molecule is COC(=O)C[C@H](Nc1ccccc1C#N)C(=O)OC. The van der Waals surface area contributed by atoms with Gasteiger partial charge in [0, 0.05) is 0 Å². The second kappa shape index (κ2) is 7.01. The van der Waals surface area contributed by atoms with Gasteiger partial charge in [-0.2, -0.15) is 5.26 Å². The molecule has 0 aliphatic heterocycles. The van der Waals surface area contributed by atoms with Gasteiger partial charge in [0.2, 0.25) is 0 Å². The maximum Gasteiger partial charge on any atom is 0.328 e. The lowest BCUT2D eigenvalue weighted by atomic mass is 10.1. The summed E-state index contributed by atoms with van der Waals surface area (Å²) in [5.41, 5.74) is 0.838. The van der Waals surface area contributed by atoms with Crippen LogP contribution in [0.5, 0.6) is 0 Å². The molecule has 0 aliphatic rings. The highest BCUT2D eigenvalue weighted by molar-refractivity contribution is 5.85. The van der Waals surface area contributed by atoms with E-state index in [1.54, 1.807) is 24.3 Å². The van der Waals surface area contributed by atoms with Crippen LogP contribution in [0.2, 0.25) is 0 Å². The van der Waals surface area contributed by atoms with Crippen molar-refractivity contribution in [1.29, 1.82) is 5.26 Å². The first-order valence-corrected chi connectivity index (χ1v) is 5.52. The van der Waals surface area contributed by atoms with E-state index >= 15 is 0 Å². The van der Waals surface area contributed by atoms with E-state index in [-0.39, 0.29) is 6.42 Å². The molecule has 0 unspecified atom stereocenters. The average Bonchev–Trinajstić information content (AvgIpc) is 2.45. The molecular formula is C13H14N2O4. The second-order valence-corrected chi connectivity index (χ2v) is 3.66. The fraction of sp³-hybridized carbons (Fsp3) is 0.308. The molecule has 0 fully saturated rings. The zero-order valence-corrected chi connectivity index (χ0v) is 10.7. The number of nitriles is 1. The summed E-state index contributed by atoms with van der Waals surface area (Å²) in [6.07, 6.45) is -0.178. The molecule has 1 rings (SSSR count). The lowest BCUT2D eigenvalue weighted by Crippen LogP contribution is -2.33. The highest BCUT2D eigenvalue weighted by Gasteiger charge is 2.23. The summed E-state index contributed by atoms with van der Waals surface area (Å²) in [5.74, 6) is -1.14. The normalized spacial score (nSPS) is 11.0. The van der Waals surface area contributed by atoms with Gasteiger partial charge in [0.05, 0.1) is 31.9 Å². The van der Waals surface area contributed by atoms with Gasteiger partial charge in [-0.15, -0.1) is 0 Å². The zero-order chi connectivity index (χ0) is 14.3. The van der Waals surface area contributed by atoms with Crippen molar-refractivity contribution < 1.29 is 19.1 Å². The Morgan fingerprint density at radius 2 is 2.00 bits per heavy atom.